The molecule has 0 saturated heterocycles. The molecule has 4 aromatic carbocycles. The summed E-state index contributed by atoms with van der Waals surface area (Å²) < 4.78 is 26.8. The van der Waals surface area contributed by atoms with Crippen LogP contribution in [0.25, 0.3) is 0 Å². The van der Waals surface area contributed by atoms with Gasteiger partial charge in [0.25, 0.3) is 0 Å². The van der Waals surface area contributed by atoms with Gasteiger partial charge in [-0.05, 0) is 66.1 Å². The molecule has 0 spiro atoms. The summed E-state index contributed by atoms with van der Waals surface area (Å²) in [5, 5.41) is 3.87. The number of benzene rings is 4. The highest BCUT2D eigenvalue weighted by molar-refractivity contribution is 9.10. The summed E-state index contributed by atoms with van der Waals surface area (Å²) in [6.07, 6.45) is 0. The van der Waals surface area contributed by atoms with Gasteiger partial charge < -0.3 is 14.8 Å². The fourth-order valence-electron chi connectivity index (χ4n) is 5.12. The lowest BCUT2D eigenvalue weighted by molar-refractivity contribution is 0.413. The second-order valence-corrected chi connectivity index (χ2v) is 11.5. The molecule has 1 aliphatic rings. The van der Waals surface area contributed by atoms with Crippen molar-refractivity contribution in [2.45, 2.75) is 18.0 Å². The van der Waals surface area contributed by atoms with Crippen LogP contribution in [0, 0.1) is 5.82 Å². The fraction of sp³-hybridized carbons (Fsp3) is 0.219. The van der Waals surface area contributed by atoms with Gasteiger partial charge in [-0.25, -0.2) is 4.39 Å². The maximum atomic E-state index is 15.1. The maximum Gasteiger partial charge on any atom is 0.128 e. The number of hydrogen-bond acceptors (Lipinski definition) is 5. The predicted molar refractivity (Wildman–Crippen MR) is 162 cm³/mol. The molecule has 5 rings (SSSR count). The molecule has 0 aliphatic carbocycles. The molecule has 0 fully saturated rings. The highest BCUT2D eigenvalue weighted by Gasteiger charge is 2.40. The van der Waals surface area contributed by atoms with Crippen LogP contribution in [0.2, 0.25) is 0 Å². The van der Waals surface area contributed by atoms with E-state index < -0.39 is 11.1 Å². The Labute approximate surface area is 241 Å². The van der Waals surface area contributed by atoms with Crippen LogP contribution in [0.15, 0.2) is 107 Å². The summed E-state index contributed by atoms with van der Waals surface area (Å²) in [6, 6.07) is 31.5. The van der Waals surface area contributed by atoms with Crippen LogP contribution in [0.3, 0.4) is 0 Å². The van der Waals surface area contributed by atoms with Crippen molar-refractivity contribution >= 4 is 33.5 Å². The number of methoxy groups -OCH3 is 2. The summed E-state index contributed by atoms with van der Waals surface area (Å²) in [7, 11) is 3.33. The fourth-order valence-corrected chi connectivity index (χ4v) is 6.53. The largest absolute Gasteiger partial charge is 0.497 e. The Morgan fingerprint density at radius 1 is 0.846 bits per heavy atom. The average Bonchev–Trinajstić information content (AvgIpc) is 2.98. The minimum absolute atomic E-state index is 0.258. The molecular weight excluding hydrogens is 575 g/mol. The van der Waals surface area contributed by atoms with Crippen molar-refractivity contribution in [3.8, 4) is 11.5 Å². The first kappa shape index (κ1) is 27.3. The van der Waals surface area contributed by atoms with Crippen molar-refractivity contribution in [2.24, 2.45) is 4.99 Å². The Hall–Kier alpha value is -3.29. The third-order valence-corrected chi connectivity index (χ3v) is 8.83. The summed E-state index contributed by atoms with van der Waals surface area (Å²) >= 11 is 5.25. The number of nitrogens with zero attached hydrogens (tertiary/aromatic N) is 1. The molecule has 0 radical (unpaired) electrons. The van der Waals surface area contributed by atoms with Crippen molar-refractivity contribution < 1.29 is 13.9 Å². The van der Waals surface area contributed by atoms with E-state index in [1.165, 1.54) is 6.07 Å². The lowest BCUT2D eigenvalue weighted by atomic mass is 9.76. The van der Waals surface area contributed by atoms with Gasteiger partial charge >= 0.3 is 0 Å². The van der Waals surface area contributed by atoms with Gasteiger partial charge in [-0.3, -0.25) is 4.99 Å². The van der Waals surface area contributed by atoms with Gasteiger partial charge in [-0.1, -0.05) is 70.5 Å². The molecule has 0 amide bonds. The smallest absolute Gasteiger partial charge is 0.128 e. The van der Waals surface area contributed by atoms with Crippen LogP contribution in [-0.4, -0.2) is 31.6 Å². The topological polar surface area (TPSA) is 42.8 Å². The van der Waals surface area contributed by atoms with Gasteiger partial charge in [0, 0.05) is 15.8 Å². The first-order chi connectivity index (χ1) is 18.9. The molecule has 4 nitrogen and oxygen atoms in total. The van der Waals surface area contributed by atoms with Gasteiger partial charge in [0.1, 0.15) is 28.7 Å². The predicted octanol–water partition coefficient (Wildman–Crippen LogP) is 7.55. The number of thioether (sulfide) groups is 1. The maximum absolute atomic E-state index is 15.1. The monoisotopic (exact) mass is 604 g/mol. The van der Waals surface area contributed by atoms with Crippen LogP contribution >= 0.6 is 27.7 Å². The standard InChI is InChI=1S/C32H30BrFN2O2S/c1-31(28-19-25(33)13-18-29(28)34)21-39-20-30(35-31)36-32(22-7-5-4-6-8-22,23-9-14-26(37-2)15-10-23)24-11-16-27(38-3)17-12-24/h4-19H,20-21H2,1-3H3,(H,35,36)/t31-/m0/s1. The summed E-state index contributed by atoms with van der Waals surface area (Å²) in [6.45, 7) is 2.00. The molecule has 1 heterocycles. The lowest BCUT2D eigenvalue weighted by Gasteiger charge is -2.40. The van der Waals surface area contributed by atoms with E-state index in [1.54, 1.807) is 32.0 Å². The van der Waals surface area contributed by atoms with Crippen LogP contribution in [0.5, 0.6) is 11.5 Å². The van der Waals surface area contributed by atoms with Gasteiger partial charge in [0.15, 0.2) is 0 Å². The van der Waals surface area contributed by atoms with E-state index in [4.69, 9.17) is 14.5 Å². The molecule has 0 saturated carbocycles. The van der Waals surface area contributed by atoms with Crippen molar-refractivity contribution in [1.82, 2.24) is 5.32 Å². The third kappa shape index (κ3) is 5.43. The van der Waals surface area contributed by atoms with Crippen LogP contribution < -0.4 is 14.8 Å². The number of nitrogens with one attached hydrogen (secondary N) is 1. The molecule has 39 heavy (non-hydrogen) atoms. The molecule has 7 heteroatoms. The van der Waals surface area contributed by atoms with Gasteiger partial charge in [0.2, 0.25) is 0 Å². The normalized spacial score (nSPS) is 17.3. The van der Waals surface area contributed by atoms with E-state index in [0.717, 1.165) is 38.5 Å². The van der Waals surface area contributed by atoms with Gasteiger partial charge in [0.05, 0.1) is 25.5 Å². The zero-order valence-electron chi connectivity index (χ0n) is 22.1. The van der Waals surface area contributed by atoms with Crippen LogP contribution in [0.1, 0.15) is 29.2 Å². The summed E-state index contributed by atoms with van der Waals surface area (Å²) in [5.74, 6) is 3.44. The SMILES string of the molecule is COc1ccc(C(NC2=N[C@](C)(c3cc(Br)ccc3F)CSC2)(c2ccccc2)c2ccc(OC)cc2)cc1. The van der Waals surface area contributed by atoms with E-state index in [-0.39, 0.29) is 5.82 Å². The molecule has 1 atom stereocenters. The number of amidine groups is 1. The Kier molecular flexibility index (Phi) is 8.01. The Bertz CT molecular complexity index is 1410. The molecule has 1 N–H and O–H groups in total. The molecule has 0 unspecified atom stereocenters. The minimum Gasteiger partial charge on any atom is -0.497 e. The second kappa shape index (κ2) is 11.4. The quantitative estimate of drug-likeness (QED) is 0.221. The number of aliphatic imine (C=N–C) groups is 1. The molecular formula is C32H30BrFN2O2S. The number of ether oxygens (including phenoxy) is 2. The van der Waals surface area contributed by atoms with Crippen molar-refractivity contribution in [1.29, 1.82) is 0 Å². The summed E-state index contributed by atoms with van der Waals surface area (Å²) in [5.41, 5.74) is 2.15. The molecule has 4 aromatic rings. The first-order valence-corrected chi connectivity index (χ1v) is 14.6. The zero-order valence-corrected chi connectivity index (χ0v) is 24.5. The highest BCUT2D eigenvalue weighted by atomic mass is 79.9. The third-order valence-electron chi connectivity index (χ3n) is 7.10. The van der Waals surface area contributed by atoms with Crippen molar-refractivity contribution in [2.75, 3.05) is 25.7 Å². The minimum atomic E-state index is -0.784. The van der Waals surface area contributed by atoms with E-state index >= 15 is 4.39 Å². The Balaban J connectivity index is 1.71. The van der Waals surface area contributed by atoms with E-state index in [2.05, 4.69) is 57.6 Å². The highest BCUT2D eigenvalue weighted by Crippen LogP contribution is 2.41. The van der Waals surface area contributed by atoms with E-state index in [0.29, 0.717) is 17.1 Å². The number of halogens is 2. The Morgan fingerprint density at radius 2 is 1.41 bits per heavy atom. The van der Waals surface area contributed by atoms with Crippen LogP contribution in [-0.2, 0) is 11.1 Å². The van der Waals surface area contributed by atoms with E-state index in [9.17, 15) is 0 Å². The van der Waals surface area contributed by atoms with Crippen molar-refractivity contribution in [3.63, 3.8) is 0 Å². The molecule has 1 aliphatic heterocycles. The average molecular weight is 606 g/mol. The van der Waals surface area contributed by atoms with Crippen molar-refractivity contribution in [3.05, 3.63) is 130 Å². The van der Waals surface area contributed by atoms with Gasteiger partial charge in [-0.15, -0.1) is 0 Å². The number of rotatable bonds is 7. The Morgan fingerprint density at radius 3 is 1.97 bits per heavy atom. The molecule has 200 valence electrons. The van der Waals surface area contributed by atoms with Gasteiger partial charge in [-0.2, -0.15) is 11.8 Å². The first-order valence-electron chi connectivity index (χ1n) is 12.6. The molecule has 0 aromatic heterocycles. The lowest BCUT2D eigenvalue weighted by Crippen LogP contribution is -2.50. The zero-order chi connectivity index (χ0) is 27.5. The second-order valence-electron chi connectivity index (χ2n) is 9.65. The molecule has 0 bridgehead atoms. The van der Waals surface area contributed by atoms with Crippen LogP contribution in [0.4, 0.5) is 4.39 Å². The van der Waals surface area contributed by atoms with E-state index in [1.807, 2.05) is 55.5 Å². The summed E-state index contributed by atoms with van der Waals surface area (Å²) in [4.78, 5) is 5.19. The number of hydrogen-bond donors (Lipinski definition) is 1.